The van der Waals surface area contributed by atoms with Gasteiger partial charge in [0.2, 0.25) is 0 Å². The van der Waals surface area contributed by atoms with E-state index in [0.717, 1.165) is 15.7 Å². The molecule has 3 N–H and O–H groups in total. The third-order valence-electron chi connectivity index (χ3n) is 2.44. The quantitative estimate of drug-likeness (QED) is 0.584. The first-order valence-electron chi connectivity index (χ1n) is 4.95. The fourth-order valence-corrected chi connectivity index (χ4v) is 1.85. The van der Waals surface area contributed by atoms with Gasteiger partial charge in [0.05, 0.1) is 0 Å². The predicted octanol–water partition coefficient (Wildman–Crippen LogP) is 1.71. The second-order valence-corrected chi connectivity index (χ2v) is 4.37. The van der Waals surface area contributed by atoms with Gasteiger partial charge >= 0.3 is 0 Å². The molecule has 0 saturated carbocycles. The van der Waals surface area contributed by atoms with Gasteiger partial charge in [0.1, 0.15) is 16.9 Å². The summed E-state index contributed by atoms with van der Waals surface area (Å²) in [5.74, 6) is 0. The van der Waals surface area contributed by atoms with Gasteiger partial charge in [0.25, 0.3) is 0 Å². The molecule has 1 heterocycles. The van der Waals surface area contributed by atoms with Crippen LogP contribution in [0.4, 0.5) is 0 Å². The SMILES string of the molecule is CNC(O)c1ccc(C2C=C(Br)NO2)cc1. The van der Waals surface area contributed by atoms with E-state index >= 15 is 0 Å². The fourth-order valence-electron chi connectivity index (χ4n) is 1.52. The molecular formula is C11H13BrN2O2. The smallest absolute Gasteiger partial charge is 0.131 e. The first-order valence-corrected chi connectivity index (χ1v) is 5.74. The average molecular weight is 285 g/mol. The number of benzene rings is 1. The van der Waals surface area contributed by atoms with Crippen molar-refractivity contribution in [2.24, 2.45) is 0 Å². The van der Waals surface area contributed by atoms with E-state index in [0.29, 0.717) is 0 Å². The lowest BCUT2D eigenvalue weighted by Gasteiger charge is -2.12. The molecule has 86 valence electrons. The van der Waals surface area contributed by atoms with E-state index in [1.807, 2.05) is 30.3 Å². The summed E-state index contributed by atoms with van der Waals surface area (Å²) in [6, 6.07) is 7.62. The maximum Gasteiger partial charge on any atom is 0.131 e. The van der Waals surface area contributed by atoms with Crippen LogP contribution in [-0.2, 0) is 4.84 Å². The van der Waals surface area contributed by atoms with Crippen LogP contribution in [0.1, 0.15) is 23.5 Å². The van der Waals surface area contributed by atoms with Crippen LogP contribution in [0.3, 0.4) is 0 Å². The van der Waals surface area contributed by atoms with Gasteiger partial charge in [-0.1, -0.05) is 24.3 Å². The van der Waals surface area contributed by atoms with Crippen molar-refractivity contribution in [3.63, 3.8) is 0 Å². The topological polar surface area (TPSA) is 53.5 Å². The van der Waals surface area contributed by atoms with Crippen molar-refractivity contribution in [3.05, 3.63) is 46.1 Å². The van der Waals surface area contributed by atoms with Gasteiger partial charge in [-0.05, 0) is 40.2 Å². The Balaban J connectivity index is 2.13. The number of nitrogens with one attached hydrogen (secondary N) is 2. The lowest BCUT2D eigenvalue weighted by molar-refractivity contribution is 0.0457. The molecule has 0 aliphatic carbocycles. The van der Waals surface area contributed by atoms with E-state index in [9.17, 15) is 5.11 Å². The highest BCUT2D eigenvalue weighted by Crippen LogP contribution is 2.26. The maximum atomic E-state index is 9.55. The zero-order chi connectivity index (χ0) is 11.5. The Morgan fingerprint density at radius 3 is 2.62 bits per heavy atom. The summed E-state index contributed by atoms with van der Waals surface area (Å²) in [7, 11) is 1.71. The summed E-state index contributed by atoms with van der Waals surface area (Å²) >= 11 is 3.30. The number of rotatable bonds is 3. The summed E-state index contributed by atoms with van der Waals surface area (Å²) in [4.78, 5) is 5.31. The van der Waals surface area contributed by atoms with Gasteiger partial charge in [0.15, 0.2) is 0 Å². The van der Waals surface area contributed by atoms with Crippen LogP contribution in [0.25, 0.3) is 0 Å². The summed E-state index contributed by atoms with van der Waals surface area (Å²) in [5.41, 5.74) is 4.60. The highest BCUT2D eigenvalue weighted by Gasteiger charge is 2.16. The molecule has 0 amide bonds. The maximum absolute atomic E-state index is 9.55. The lowest BCUT2D eigenvalue weighted by atomic mass is 10.1. The monoisotopic (exact) mass is 284 g/mol. The first-order chi connectivity index (χ1) is 7.70. The number of aliphatic hydroxyl groups excluding tert-OH is 1. The van der Waals surface area contributed by atoms with Crippen molar-refractivity contribution in [1.29, 1.82) is 0 Å². The van der Waals surface area contributed by atoms with Crippen LogP contribution in [0.5, 0.6) is 0 Å². The molecule has 0 radical (unpaired) electrons. The molecule has 0 spiro atoms. The largest absolute Gasteiger partial charge is 0.374 e. The molecule has 1 aliphatic heterocycles. The van der Waals surface area contributed by atoms with Crippen molar-refractivity contribution in [2.75, 3.05) is 7.05 Å². The first kappa shape index (κ1) is 11.6. The fraction of sp³-hybridized carbons (Fsp3) is 0.273. The third-order valence-corrected chi connectivity index (χ3v) is 2.86. The Morgan fingerprint density at radius 2 is 2.12 bits per heavy atom. The van der Waals surface area contributed by atoms with Crippen molar-refractivity contribution in [2.45, 2.75) is 12.3 Å². The zero-order valence-corrected chi connectivity index (χ0v) is 10.4. The standard InChI is InChI=1S/C11H13BrN2O2/c1-13-11(15)8-4-2-7(3-5-8)9-6-10(12)14-16-9/h2-6,9,11,13-15H,1H3. The van der Waals surface area contributed by atoms with Gasteiger partial charge in [-0.15, -0.1) is 0 Å². The molecule has 0 aromatic heterocycles. The summed E-state index contributed by atoms with van der Waals surface area (Å²) in [6.07, 6.45) is 1.22. The van der Waals surface area contributed by atoms with E-state index in [4.69, 9.17) is 4.84 Å². The van der Waals surface area contributed by atoms with Crippen LogP contribution in [0.15, 0.2) is 34.9 Å². The molecule has 4 nitrogen and oxygen atoms in total. The minimum Gasteiger partial charge on any atom is -0.374 e. The number of hydrogen-bond acceptors (Lipinski definition) is 4. The molecule has 2 unspecified atom stereocenters. The Hall–Kier alpha value is -0.880. The van der Waals surface area contributed by atoms with E-state index in [2.05, 4.69) is 26.7 Å². The van der Waals surface area contributed by atoms with E-state index in [-0.39, 0.29) is 6.10 Å². The Morgan fingerprint density at radius 1 is 1.44 bits per heavy atom. The van der Waals surface area contributed by atoms with E-state index in [1.165, 1.54) is 0 Å². The number of hydroxylamine groups is 1. The molecule has 1 aliphatic rings. The van der Waals surface area contributed by atoms with Crippen LogP contribution >= 0.6 is 15.9 Å². The average Bonchev–Trinajstić information content (AvgIpc) is 2.75. The van der Waals surface area contributed by atoms with Crippen LogP contribution in [-0.4, -0.2) is 12.2 Å². The van der Waals surface area contributed by atoms with Gasteiger partial charge in [-0.2, -0.15) is 0 Å². The number of hydrogen-bond donors (Lipinski definition) is 3. The molecule has 5 heteroatoms. The number of halogens is 1. The highest BCUT2D eigenvalue weighted by atomic mass is 79.9. The third kappa shape index (κ3) is 2.44. The summed E-state index contributed by atoms with van der Waals surface area (Å²) in [6.45, 7) is 0. The van der Waals surface area contributed by atoms with E-state index in [1.54, 1.807) is 7.05 Å². The van der Waals surface area contributed by atoms with Gasteiger partial charge in [-0.3, -0.25) is 15.6 Å². The molecule has 0 saturated heterocycles. The second kappa shape index (κ2) is 4.97. The van der Waals surface area contributed by atoms with Gasteiger partial charge < -0.3 is 5.11 Å². The molecule has 0 fully saturated rings. The van der Waals surface area contributed by atoms with Gasteiger partial charge in [-0.25, -0.2) is 0 Å². The molecular weight excluding hydrogens is 272 g/mol. The van der Waals surface area contributed by atoms with E-state index < -0.39 is 6.23 Å². The summed E-state index contributed by atoms with van der Waals surface area (Å²) < 4.78 is 0.830. The predicted molar refractivity (Wildman–Crippen MR) is 64.4 cm³/mol. The number of aliphatic hydroxyl groups is 1. The van der Waals surface area contributed by atoms with Crippen molar-refractivity contribution >= 4 is 15.9 Å². The second-order valence-electron chi connectivity index (χ2n) is 3.51. The van der Waals surface area contributed by atoms with Crippen molar-refractivity contribution in [3.8, 4) is 0 Å². The molecule has 1 aromatic rings. The molecule has 2 atom stereocenters. The van der Waals surface area contributed by atoms with Crippen LogP contribution in [0.2, 0.25) is 0 Å². The van der Waals surface area contributed by atoms with Crippen LogP contribution in [0, 0.1) is 0 Å². The molecule has 2 rings (SSSR count). The Kier molecular flexibility index (Phi) is 3.60. The minimum absolute atomic E-state index is 0.0878. The van der Waals surface area contributed by atoms with Crippen LogP contribution < -0.4 is 10.8 Å². The lowest BCUT2D eigenvalue weighted by Crippen LogP contribution is -2.15. The van der Waals surface area contributed by atoms with Gasteiger partial charge in [0, 0.05) is 0 Å². The zero-order valence-electron chi connectivity index (χ0n) is 8.77. The Bertz CT molecular complexity index is 391. The molecule has 1 aromatic carbocycles. The van der Waals surface area contributed by atoms with Crippen molar-refractivity contribution < 1.29 is 9.94 Å². The Labute approximate surface area is 102 Å². The summed E-state index contributed by atoms with van der Waals surface area (Å²) in [5, 5.41) is 12.3. The normalized spacial score (nSPS) is 21.4. The molecule has 16 heavy (non-hydrogen) atoms. The minimum atomic E-state index is -0.626. The molecule has 0 bridgehead atoms. The highest BCUT2D eigenvalue weighted by molar-refractivity contribution is 9.11. The van der Waals surface area contributed by atoms with Crippen molar-refractivity contribution in [1.82, 2.24) is 10.8 Å².